The summed E-state index contributed by atoms with van der Waals surface area (Å²) in [5.74, 6) is 7.85. The van der Waals surface area contributed by atoms with Crippen LogP contribution in [0.3, 0.4) is 0 Å². The number of nitrogens with two attached hydrogens (primary N) is 1. The zero-order chi connectivity index (χ0) is 14.1. The van der Waals surface area contributed by atoms with Gasteiger partial charge in [0.05, 0.1) is 0 Å². The third-order valence-corrected chi connectivity index (χ3v) is 5.51. The van der Waals surface area contributed by atoms with Gasteiger partial charge in [0, 0.05) is 6.04 Å². The molecule has 2 aliphatic carbocycles. The van der Waals surface area contributed by atoms with Gasteiger partial charge < -0.3 is 0 Å². The van der Waals surface area contributed by atoms with Gasteiger partial charge in [0.1, 0.15) is 5.82 Å². The summed E-state index contributed by atoms with van der Waals surface area (Å²) in [6.07, 6.45) is 7.93. The second-order valence-electron chi connectivity index (χ2n) is 6.61. The fraction of sp³-hybridized carbons (Fsp3) is 0.647. The molecule has 0 bridgehead atoms. The topological polar surface area (TPSA) is 38.0 Å². The van der Waals surface area contributed by atoms with Gasteiger partial charge in [-0.1, -0.05) is 50.7 Å². The van der Waals surface area contributed by atoms with Crippen molar-refractivity contribution in [3.05, 3.63) is 35.1 Å². The average molecular weight is 276 g/mol. The highest BCUT2D eigenvalue weighted by atomic mass is 19.1. The Morgan fingerprint density at radius 2 is 1.75 bits per heavy atom. The van der Waals surface area contributed by atoms with Crippen LogP contribution in [0.2, 0.25) is 0 Å². The monoisotopic (exact) mass is 276 g/mol. The van der Waals surface area contributed by atoms with Crippen LogP contribution in [0.1, 0.15) is 55.7 Å². The van der Waals surface area contributed by atoms with E-state index >= 15 is 0 Å². The second kappa shape index (κ2) is 5.82. The largest absolute Gasteiger partial charge is 0.271 e. The van der Waals surface area contributed by atoms with Gasteiger partial charge in [-0.25, -0.2) is 4.39 Å². The molecule has 2 nitrogen and oxygen atoms in total. The van der Waals surface area contributed by atoms with Crippen LogP contribution in [0.4, 0.5) is 4.39 Å². The molecule has 3 N–H and O–H groups in total. The molecular weight excluding hydrogens is 251 g/mol. The van der Waals surface area contributed by atoms with Gasteiger partial charge in [0.25, 0.3) is 0 Å². The Bertz CT molecular complexity index is 452. The summed E-state index contributed by atoms with van der Waals surface area (Å²) in [4.78, 5) is 0. The van der Waals surface area contributed by atoms with E-state index in [0.29, 0.717) is 11.5 Å². The Hall–Kier alpha value is -0.930. The lowest BCUT2D eigenvalue weighted by molar-refractivity contribution is 0.0595. The van der Waals surface area contributed by atoms with Gasteiger partial charge in [-0.15, -0.1) is 0 Å². The third kappa shape index (κ3) is 2.49. The molecule has 0 heterocycles. The average Bonchev–Trinajstić information content (AvgIpc) is 2.30. The van der Waals surface area contributed by atoms with Crippen molar-refractivity contribution in [1.29, 1.82) is 0 Å². The molecule has 20 heavy (non-hydrogen) atoms. The molecule has 0 spiro atoms. The maximum absolute atomic E-state index is 13.9. The molecule has 0 radical (unpaired) electrons. The lowest BCUT2D eigenvalue weighted by atomic mass is 9.61. The van der Waals surface area contributed by atoms with Crippen molar-refractivity contribution in [2.24, 2.45) is 23.6 Å². The maximum atomic E-state index is 13.9. The fourth-order valence-corrected chi connectivity index (χ4v) is 3.81. The Balaban J connectivity index is 1.86. The van der Waals surface area contributed by atoms with Crippen molar-refractivity contribution in [3.8, 4) is 0 Å². The zero-order valence-electron chi connectivity index (χ0n) is 12.2. The SMILES string of the molecule is Cc1ccc(C(NN)C(C2CCC2)C2CCC2)cc1F. The number of benzene rings is 1. The van der Waals surface area contributed by atoms with Gasteiger partial charge in [-0.05, 0) is 41.9 Å². The maximum Gasteiger partial charge on any atom is 0.126 e. The molecule has 1 atom stereocenters. The quantitative estimate of drug-likeness (QED) is 0.633. The van der Waals surface area contributed by atoms with Crippen LogP contribution in [-0.2, 0) is 0 Å². The highest BCUT2D eigenvalue weighted by Gasteiger charge is 2.41. The minimum absolute atomic E-state index is 0.0979. The van der Waals surface area contributed by atoms with Gasteiger partial charge >= 0.3 is 0 Å². The van der Waals surface area contributed by atoms with E-state index in [1.807, 2.05) is 12.1 Å². The first-order valence-corrected chi connectivity index (χ1v) is 7.93. The molecule has 2 fully saturated rings. The number of halogens is 1. The zero-order valence-corrected chi connectivity index (χ0v) is 12.2. The molecule has 0 aromatic heterocycles. The van der Waals surface area contributed by atoms with E-state index in [9.17, 15) is 4.39 Å². The number of aryl methyl sites for hydroxylation is 1. The molecule has 3 heteroatoms. The molecule has 2 saturated carbocycles. The van der Waals surface area contributed by atoms with Gasteiger partial charge in [0.15, 0.2) is 0 Å². The van der Waals surface area contributed by atoms with Gasteiger partial charge in [-0.2, -0.15) is 0 Å². The molecule has 110 valence electrons. The highest BCUT2D eigenvalue weighted by molar-refractivity contribution is 5.26. The molecule has 0 aliphatic heterocycles. The molecule has 1 aromatic rings. The van der Waals surface area contributed by atoms with E-state index in [1.54, 1.807) is 13.0 Å². The van der Waals surface area contributed by atoms with E-state index in [4.69, 9.17) is 5.84 Å². The lowest BCUT2D eigenvalue weighted by Gasteiger charge is -2.46. The number of rotatable bonds is 5. The summed E-state index contributed by atoms with van der Waals surface area (Å²) in [7, 11) is 0. The summed E-state index contributed by atoms with van der Waals surface area (Å²) < 4.78 is 13.9. The van der Waals surface area contributed by atoms with E-state index in [-0.39, 0.29) is 11.9 Å². The molecule has 2 aliphatic rings. The van der Waals surface area contributed by atoms with Crippen molar-refractivity contribution in [2.75, 3.05) is 0 Å². The Morgan fingerprint density at radius 3 is 2.15 bits per heavy atom. The van der Waals surface area contributed by atoms with E-state index in [0.717, 1.165) is 17.4 Å². The van der Waals surface area contributed by atoms with Crippen molar-refractivity contribution < 1.29 is 4.39 Å². The predicted octanol–water partition coefficient (Wildman–Crippen LogP) is 3.85. The van der Waals surface area contributed by atoms with Crippen LogP contribution in [0.25, 0.3) is 0 Å². The summed E-state index contributed by atoms with van der Waals surface area (Å²) in [5.41, 5.74) is 4.71. The van der Waals surface area contributed by atoms with Crippen LogP contribution in [-0.4, -0.2) is 0 Å². The smallest absolute Gasteiger partial charge is 0.126 e. The minimum Gasteiger partial charge on any atom is -0.271 e. The molecule has 0 saturated heterocycles. The van der Waals surface area contributed by atoms with E-state index in [2.05, 4.69) is 5.43 Å². The first-order valence-electron chi connectivity index (χ1n) is 7.93. The fourth-order valence-electron chi connectivity index (χ4n) is 3.81. The minimum atomic E-state index is -0.122. The lowest BCUT2D eigenvalue weighted by Crippen LogP contribution is -2.44. The third-order valence-electron chi connectivity index (χ3n) is 5.51. The number of hydrogen-bond acceptors (Lipinski definition) is 2. The number of hydrazine groups is 1. The summed E-state index contributed by atoms with van der Waals surface area (Å²) in [6.45, 7) is 1.80. The Morgan fingerprint density at radius 1 is 1.15 bits per heavy atom. The predicted molar refractivity (Wildman–Crippen MR) is 79.4 cm³/mol. The van der Waals surface area contributed by atoms with Crippen LogP contribution in [0.15, 0.2) is 18.2 Å². The molecular formula is C17H25FN2. The van der Waals surface area contributed by atoms with Crippen molar-refractivity contribution >= 4 is 0 Å². The number of nitrogens with one attached hydrogen (secondary N) is 1. The first kappa shape index (κ1) is 14.0. The van der Waals surface area contributed by atoms with Crippen molar-refractivity contribution in [1.82, 2.24) is 5.43 Å². The molecule has 0 amide bonds. The summed E-state index contributed by atoms with van der Waals surface area (Å²) >= 11 is 0. The van der Waals surface area contributed by atoms with Crippen molar-refractivity contribution in [2.45, 2.75) is 51.5 Å². The number of hydrogen-bond donors (Lipinski definition) is 2. The van der Waals surface area contributed by atoms with Crippen LogP contribution in [0, 0.1) is 30.5 Å². The van der Waals surface area contributed by atoms with Gasteiger partial charge in [-0.3, -0.25) is 11.3 Å². The Kier molecular flexibility index (Phi) is 4.08. The molecule has 3 rings (SSSR count). The second-order valence-corrected chi connectivity index (χ2v) is 6.61. The normalized spacial score (nSPS) is 21.6. The van der Waals surface area contributed by atoms with E-state index < -0.39 is 0 Å². The molecule has 1 aromatic carbocycles. The van der Waals surface area contributed by atoms with Crippen molar-refractivity contribution in [3.63, 3.8) is 0 Å². The van der Waals surface area contributed by atoms with E-state index in [1.165, 1.54) is 38.5 Å². The first-order chi connectivity index (χ1) is 9.70. The van der Waals surface area contributed by atoms with Gasteiger partial charge in [0.2, 0.25) is 0 Å². The molecule has 1 unspecified atom stereocenters. The van der Waals surface area contributed by atoms with Crippen LogP contribution >= 0.6 is 0 Å². The summed E-state index contributed by atoms with van der Waals surface area (Å²) in [5, 5.41) is 0. The van der Waals surface area contributed by atoms with Crippen LogP contribution in [0.5, 0.6) is 0 Å². The Labute approximate surface area is 120 Å². The standard InChI is InChI=1S/C17H25FN2/c1-11-8-9-14(10-15(11)18)17(20-19)16(12-4-2-5-12)13-6-3-7-13/h8-10,12-13,16-17,20H,2-7,19H2,1H3. The summed E-state index contributed by atoms with van der Waals surface area (Å²) in [6, 6.07) is 5.67. The van der Waals surface area contributed by atoms with Crippen LogP contribution < -0.4 is 11.3 Å². The highest BCUT2D eigenvalue weighted by Crippen LogP contribution is 2.49.